The fourth-order valence-corrected chi connectivity index (χ4v) is 5.25. The number of ether oxygens (including phenoxy) is 1. The van der Waals surface area contributed by atoms with Gasteiger partial charge < -0.3 is 9.84 Å². The van der Waals surface area contributed by atoms with Crippen LogP contribution in [-0.2, 0) is 24.1 Å². The van der Waals surface area contributed by atoms with Crippen LogP contribution >= 0.6 is 11.3 Å². The number of carbonyl (C=O) groups is 1. The average Bonchev–Trinajstić information content (AvgIpc) is 2.83. The summed E-state index contributed by atoms with van der Waals surface area (Å²) < 4.78 is 5.49. The largest absolute Gasteiger partial charge is 0.478 e. The molecule has 1 aromatic heterocycles. The number of hydrogen-bond acceptors (Lipinski definition) is 4. The van der Waals surface area contributed by atoms with E-state index in [1.165, 1.54) is 4.88 Å². The van der Waals surface area contributed by atoms with Crippen LogP contribution in [-0.4, -0.2) is 42.3 Å². The van der Waals surface area contributed by atoms with Crippen LogP contribution in [0.4, 0.5) is 0 Å². The normalized spacial score (nSPS) is 24.4. The number of hydrogen-bond donors (Lipinski definition) is 1. The third kappa shape index (κ3) is 3.62. The summed E-state index contributed by atoms with van der Waals surface area (Å²) in [6.07, 6.45) is 5.57. The van der Waals surface area contributed by atoms with E-state index in [0.29, 0.717) is 5.56 Å². The van der Waals surface area contributed by atoms with Gasteiger partial charge in [0.25, 0.3) is 0 Å². The molecule has 0 unspecified atom stereocenters. The lowest BCUT2D eigenvalue weighted by molar-refractivity contribution is 0.0287. The predicted octanol–water partition coefficient (Wildman–Crippen LogP) is 3.57. The third-order valence-corrected chi connectivity index (χ3v) is 6.50. The number of carboxylic acids is 1. The first kappa shape index (κ1) is 16.9. The Morgan fingerprint density at radius 1 is 1.48 bits per heavy atom. The molecule has 5 heteroatoms. The summed E-state index contributed by atoms with van der Waals surface area (Å²) in [6.45, 7) is 7.18. The molecule has 2 aliphatic rings. The highest BCUT2D eigenvalue weighted by atomic mass is 32.1. The van der Waals surface area contributed by atoms with Gasteiger partial charge in [-0.3, -0.25) is 4.90 Å². The minimum atomic E-state index is -0.754. The molecule has 0 bridgehead atoms. The van der Waals surface area contributed by atoms with Crippen molar-refractivity contribution in [3.8, 4) is 0 Å². The molecule has 1 saturated heterocycles. The number of aromatic carboxylic acids is 1. The summed E-state index contributed by atoms with van der Waals surface area (Å²) in [5, 5.41) is 9.77. The lowest BCUT2D eigenvalue weighted by Crippen LogP contribution is -2.38. The monoisotopic (exact) mass is 337 g/mol. The van der Waals surface area contributed by atoms with Crippen molar-refractivity contribution in [1.82, 2.24) is 4.90 Å². The molecule has 4 nitrogen and oxygen atoms in total. The van der Waals surface area contributed by atoms with E-state index in [1.54, 1.807) is 18.4 Å². The minimum absolute atomic E-state index is 0.210. The van der Waals surface area contributed by atoms with Crippen molar-refractivity contribution in [3.05, 3.63) is 20.9 Å². The van der Waals surface area contributed by atoms with Crippen molar-refractivity contribution in [2.45, 2.75) is 58.6 Å². The number of piperidine rings is 1. The molecule has 0 aromatic carbocycles. The number of fused-ring (bicyclic) bond motifs is 1. The fraction of sp³-hybridized carbons (Fsp3) is 0.722. The van der Waals surface area contributed by atoms with Crippen molar-refractivity contribution in [2.24, 2.45) is 5.41 Å². The van der Waals surface area contributed by atoms with E-state index >= 15 is 0 Å². The standard InChI is InChI=1S/C18H27NO3S/c1-18(2)7-6-14-13(9-18)16(17(20)21)15(23-14)11-19-8-4-5-12(10-19)22-3/h12H,4-11H2,1-3H3,(H,20,21)/t12-/m1/s1. The molecule has 0 amide bonds. The minimum Gasteiger partial charge on any atom is -0.478 e. The van der Waals surface area contributed by atoms with E-state index in [2.05, 4.69) is 18.7 Å². The number of aryl methyl sites for hydroxylation is 1. The van der Waals surface area contributed by atoms with Gasteiger partial charge in [0.05, 0.1) is 11.7 Å². The Hall–Kier alpha value is -0.910. The van der Waals surface area contributed by atoms with Crippen LogP contribution in [0.15, 0.2) is 0 Å². The summed E-state index contributed by atoms with van der Waals surface area (Å²) in [4.78, 5) is 16.6. The van der Waals surface area contributed by atoms with Crippen LogP contribution in [0.1, 0.15) is 58.8 Å². The molecule has 2 heterocycles. The Bertz CT molecular complexity index is 593. The molecular weight excluding hydrogens is 310 g/mol. The predicted molar refractivity (Wildman–Crippen MR) is 92.4 cm³/mol. The van der Waals surface area contributed by atoms with Gasteiger partial charge in [-0.05, 0) is 49.6 Å². The Kier molecular flexibility index (Phi) is 4.81. The van der Waals surface area contributed by atoms with Crippen molar-refractivity contribution in [2.75, 3.05) is 20.2 Å². The van der Waals surface area contributed by atoms with Gasteiger partial charge in [0.15, 0.2) is 0 Å². The van der Waals surface area contributed by atoms with Gasteiger partial charge in [-0.1, -0.05) is 13.8 Å². The summed E-state index contributed by atoms with van der Waals surface area (Å²) in [5.74, 6) is -0.754. The van der Waals surface area contributed by atoms with Crippen LogP contribution in [0, 0.1) is 5.41 Å². The van der Waals surface area contributed by atoms with E-state index in [0.717, 1.165) is 62.2 Å². The van der Waals surface area contributed by atoms with Crippen molar-refractivity contribution < 1.29 is 14.6 Å². The first-order valence-electron chi connectivity index (χ1n) is 8.51. The van der Waals surface area contributed by atoms with E-state index in [9.17, 15) is 9.90 Å². The first-order valence-corrected chi connectivity index (χ1v) is 9.33. The second-order valence-corrected chi connectivity index (χ2v) is 8.87. The van der Waals surface area contributed by atoms with Crippen LogP contribution in [0.25, 0.3) is 0 Å². The Morgan fingerprint density at radius 3 is 2.96 bits per heavy atom. The van der Waals surface area contributed by atoms with E-state index in [4.69, 9.17) is 4.74 Å². The number of likely N-dealkylation sites (tertiary alicyclic amines) is 1. The maximum atomic E-state index is 11.9. The Morgan fingerprint density at radius 2 is 2.26 bits per heavy atom. The molecule has 1 N–H and O–H groups in total. The molecule has 3 rings (SSSR count). The smallest absolute Gasteiger partial charge is 0.337 e. The van der Waals surface area contributed by atoms with Gasteiger partial charge in [0, 0.05) is 30.0 Å². The molecule has 1 atom stereocenters. The molecule has 23 heavy (non-hydrogen) atoms. The quantitative estimate of drug-likeness (QED) is 0.912. The van der Waals surface area contributed by atoms with Gasteiger partial charge in [0.1, 0.15) is 0 Å². The summed E-state index contributed by atoms with van der Waals surface area (Å²) in [6, 6.07) is 0. The van der Waals surface area contributed by atoms with Gasteiger partial charge in [-0.15, -0.1) is 11.3 Å². The second kappa shape index (κ2) is 6.54. The molecule has 0 radical (unpaired) electrons. The average molecular weight is 337 g/mol. The summed E-state index contributed by atoms with van der Waals surface area (Å²) in [7, 11) is 1.77. The zero-order chi connectivity index (χ0) is 16.6. The lowest BCUT2D eigenvalue weighted by atomic mass is 9.76. The Balaban J connectivity index is 1.85. The summed E-state index contributed by atoms with van der Waals surface area (Å²) >= 11 is 1.73. The maximum Gasteiger partial charge on any atom is 0.337 e. The van der Waals surface area contributed by atoms with E-state index in [-0.39, 0.29) is 11.5 Å². The van der Waals surface area contributed by atoms with E-state index in [1.807, 2.05) is 0 Å². The first-order chi connectivity index (χ1) is 10.9. The van der Waals surface area contributed by atoms with Crippen molar-refractivity contribution >= 4 is 17.3 Å². The van der Waals surface area contributed by atoms with Gasteiger partial charge >= 0.3 is 5.97 Å². The lowest BCUT2D eigenvalue weighted by Gasteiger charge is -2.31. The van der Waals surface area contributed by atoms with Crippen molar-refractivity contribution in [3.63, 3.8) is 0 Å². The molecule has 1 aromatic rings. The van der Waals surface area contributed by atoms with Crippen LogP contribution in [0.5, 0.6) is 0 Å². The molecule has 1 aliphatic carbocycles. The number of carboxylic acid groups (broad SMARTS) is 1. The highest BCUT2D eigenvalue weighted by Gasteiger charge is 2.33. The zero-order valence-electron chi connectivity index (χ0n) is 14.4. The maximum absolute atomic E-state index is 11.9. The number of methoxy groups -OCH3 is 1. The second-order valence-electron chi connectivity index (χ2n) is 7.68. The number of thiophene rings is 1. The zero-order valence-corrected chi connectivity index (χ0v) is 15.2. The van der Waals surface area contributed by atoms with Gasteiger partial charge in [0.2, 0.25) is 0 Å². The van der Waals surface area contributed by atoms with Gasteiger partial charge in [-0.25, -0.2) is 4.79 Å². The number of nitrogens with zero attached hydrogens (tertiary/aromatic N) is 1. The van der Waals surface area contributed by atoms with Crippen LogP contribution < -0.4 is 0 Å². The van der Waals surface area contributed by atoms with Crippen LogP contribution in [0.2, 0.25) is 0 Å². The highest BCUT2D eigenvalue weighted by Crippen LogP contribution is 2.42. The molecule has 1 aliphatic heterocycles. The molecule has 0 saturated carbocycles. The molecule has 1 fully saturated rings. The van der Waals surface area contributed by atoms with E-state index < -0.39 is 5.97 Å². The third-order valence-electron chi connectivity index (χ3n) is 5.22. The fourth-order valence-electron chi connectivity index (χ4n) is 3.89. The number of rotatable bonds is 4. The van der Waals surface area contributed by atoms with Crippen LogP contribution in [0.3, 0.4) is 0 Å². The van der Waals surface area contributed by atoms with Crippen molar-refractivity contribution in [1.29, 1.82) is 0 Å². The highest BCUT2D eigenvalue weighted by molar-refractivity contribution is 7.12. The Labute approximate surface area is 142 Å². The topological polar surface area (TPSA) is 49.8 Å². The molecule has 0 spiro atoms. The molecule has 128 valence electrons. The SMILES string of the molecule is CO[C@@H]1CCCN(Cc2sc3c(c2C(=O)O)CC(C)(C)CC3)C1. The van der Waals surface area contributed by atoms with Gasteiger partial charge in [-0.2, -0.15) is 0 Å². The summed E-state index contributed by atoms with van der Waals surface area (Å²) in [5.41, 5.74) is 1.91. The molecular formula is C18H27NO3S.